The van der Waals surface area contributed by atoms with Gasteiger partial charge in [-0.3, -0.25) is 9.59 Å². The minimum absolute atomic E-state index is 0.0833. The summed E-state index contributed by atoms with van der Waals surface area (Å²) < 4.78 is 9.82. The molecule has 1 aromatic carbocycles. The van der Waals surface area contributed by atoms with Crippen molar-refractivity contribution in [1.29, 1.82) is 0 Å². The van der Waals surface area contributed by atoms with Crippen LogP contribution < -0.4 is 0 Å². The summed E-state index contributed by atoms with van der Waals surface area (Å²) in [6, 6.07) is 5.02. The Hall–Kier alpha value is -2.90. The number of carbonyl (C=O) groups is 4. The van der Waals surface area contributed by atoms with Crippen LogP contribution in [0.1, 0.15) is 53.3 Å². The van der Waals surface area contributed by atoms with Crippen molar-refractivity contribution < 1.29 is 38.9 Å². The molecule has 8 nitrogen and oxygen atoms in total. The van der Waals surface area contributed by atoms with Crippen molar-refractivity contribution in [3.05, 3.63) is 35.4 Å². The van der Waals surface area contributed by atoms with Gasteiger partial charge in [0.25, 0.3) is 0 Å². The van der Waals surface area contributed by atoms with Crippen LogP contribution in [-0.2, 0) is 19.1 Å². The van der Waals surface area contributed by atoms with Crippen LogP contribution in [0.15, 0.2) is 24.3 Å². The Morgan fingerprint density at radius 1 is 0.920 bits per heavy atom. The largest absolute Gasteiger partial charge is 0.478 e. The SMILES string of the molecule is CC1COC(=O)CCCCC(=O)O1.O=C(O)c1ccc(C(=O)O)cc1. The van der Waals surface area contributed by atoms with Gasteiger partial charge in [-0.05, 0) is 44.0 Å². The molecule has 0 saturated carbocycles. The van der Waals surface area contributed by atoms with E-state index in [-0.39, 0.29) is 35.8 Å². The average molecular weight is 352 g/mol. The summed E-state index contributed by atoms with van der Waals surface area (Å²) in [5, 5.41) is 16.9. The molecule has 1 aliphatic rings. The lowest BCUT2D eigenvalue weighted by atomic mass is 10.1. The first-order valence-electron chi connectivity index (χ1n) is 7.71. The number of carboxylic acids is 2. The van der Waals surface area contributed by atoms with E-state index in [1.54, 1.807) is 6.92 Å². The highest BCUT2D eigenvalue weighted by Crippen LogP contribution is 2.07. The molecule has 0 spiro atoms. The van der Waals surface area contributed by atoms with E-state index >= 15 is 0 Å². The van der Waals surface area contributed by atoms with Crippen LogP contribution in [0.25, 0.3) is 0 Å². The van der Waals surface area contributed by atoms with Gasteiger partial charge in [-0.2, -0.15) is 0 Å². The van der Waals surface area contributed by atoms with E-state index in [9.17, 15) is 19.2 Å². The van der Waals surface area contributed by atoms with Crippen molar-refractivity contribution >= 4 is 23.9 Å². The molecule has 1 aliphatic heterocycles. The third-order valence-electron chi connectivity index (χ3n) is 3.20. The van der Waals surface area contributed by atoms with E-state index in [0.717, 1.165) is 0 Å². The second-order valence-corrected chi connectivity index (χ2v) is 5.38. The molecule has 25 heavy (non-hydrogen) atoms. The van der Waals surface area contributed by atoms with E-state index in [1.165, 1.54) is 24.3 Å². The molecule has 2 rings (SSSR count). The fourth-order valence-electron chi connectivity index (χ4n) is 1.89. The summed E-state index contributed by atoms with van der Waals surface area (Å²) >= 11 is 0. The first kappa shape index (κ1) is 20.1. The Bertz CT molecular complexity index is 587. The summed E-state index contributed by atoms with van der Waals surface area (Å²) in [4.78, 5) is 42.7. The predicted molar refractivity (Wildman–Crippen MR) is 85.3 cm³/mol. The number of carboxylic acid groups (broad SMARTS) is 2. The molecule has 0 aliphatic carbocycles. The predicted octanol–water partition coefficient (Wildman–Crippen LogP) is 2.12. The molecule has 0 bridgehead atoms. The maximum Gasteiger partial charge on any atom is 0.335 e. The van der Waals surface area contributed by atoms with E-state index in [1.807, 2.05) is 0 Å². The highest BCUT2D eigenvalue weighted by Gasteiger charge is 2.14. The topological polar surface area (TPSA) is 127 Å². The monoisotopic (exact) mass is 352 g/mol. The first-order chi connectivity index (χ1) is 11.8. The van der Waals surface area contributed by atoms with Gasteiger partial charge < -0.3 is 19.7 Å². The molecule has 1 saturated heterocycles. The second-order valence-electron chi connectivity index (χ2n) is 5.38. The maximum absolute atomic E-state index is 11.0. The van der Waals surface area contributed by atoms with Crippen LogP contribution in [-0.4, -0.2) is 46.8 Å². The normalized spacial score (nSPS) is 18.0. The van der Waals surface area contributed by atoms with Crippen molar-refractivity contribution in [2.45, 2.75) is 38.7 Å². The van der Waals surface area contributed by atoms with Crippen LogP contribution in [0.2, 0.25) is 0 Å². The zero-order chi connectivity index (χ0) is 18.8. The minimum Gasteiger partial charge on any atom is -0.478 e. The fourth-order valence-corrected chi connectivity index (χ4v) is 1.89. The number of hydrogen-bond acceptors (Lipinski definition) is 6. The number of rotatable bonds is 2. The van der Waals surface area contributed by atoms with E-state index in [2.05, 4.69) is 0 Å². The third-order valence-corrected chi connectivity index (χ3v) is 3.20. The molecule has 0 radical (unpaired) electrons. The lowest BCUT2D eigenvalue weighted by molar-refractivity contribution is -0.159. The van der Waals surface area contributed by atoms with E-state index in [0.29, 0.717) is 25.7 Å². The third kappa shape index (κ3) is 7.96. The lowest BCUT2D eigenvalue weighted by Crippen LogP contribution is -2.23. The zero-order valence-electron chi connectivity index (χ0n) is 13.8. The van der Waals surface area contributed by atoms with Crippen molar-refractivity contribution in [2.24, 2.45) is 0 Å². The summed E-state index contributed by atoms with van der Waals surface area (Å²) in [7, 11) is 0. The molecule has 136 valence electrons. The Kier molecular flexibility index (Phi) is 8.11. The highest BCUT2D eigenvalue weighted by molar-refractivity contribution is 5.91. The quantitative estimate of drug-likeness (QED) is 0.775. The number of carbonyl (C=O) groups excluding carboxylic acids is 2. The first-order valence-corrected chi connectivity index (χ1v) is 7.71. The lowest BCUT2D eigenvalue weighted by Gasteiger charge is -2.15. The molecule has 1 fully saturated rings. The molecule has 8 heteroatoms. The van der Waals surface area contributed by atoms with Crippen LogP contribution in [0.3, 0.4) is 0 Å². The number of hydrogen-bond donors (Lipinski definition) is 2. The molecular weight excluding hydrogens is 332 g/mol. The molecule has 1 heterocycles. The zero-order valence-corrected chi connectivity index (χ0v) is 13.8. The maximum atomic E-state index is 11.0. The van der Waals surface area contributed by atoms with Crippen molar-refractivity contribution in [2.75, 3.05) is 6.61 Å². The van der Waals surface area contributed by atoms with Crippen molar-refractivity contribution in [3.8, 4) is 0 Å². The standard InChI is InChI=1S/C9H14O4.C8H6O4/c1-7-6-12-8(10)4-2-3-5-9(11)13-7;9-7(10)5-1-2-6(4-3-5)8(11)12/h7H,2-6H2,1H3;1-4H,(H,9,10)(H,11,12). The number of ether oxygens (including phenoxy) is 2. The van der Waals surface area contributed by atoms with Crippen LogP contribution in [0.4, 0.5) is 0 Å². The van der Waals surface area contributed by atoms with Gasteiger partial charge in [0.15, 0.2) is 0 Å². The van der Waals surface area contributed by atoms with Crippen molar-refractivity contribution in [1.82, 2.24) is 0 Å². The van der Waals surface area contributed by atoms with Gasteiger partial charge in [0.2, 0.25) is 0 Å². The van der Waals surface area contributed by atoms with Crippen LogP contribution in [0, 0.1) is 0 Å². The molecular formula is C17H20O8. The van der Waals surface area contributed by atoms with E-state index < -0.39 is 11.9 Å². The molecule has 0 amide bonds. The Labute approximate surface area is 144 Å². The van der Waals surface area contributed by atoms with Crippen molar-refractivity contribution in [3.63, 3.8) is 0 Å². The molecule has 1 unspecified atom stereocenters. The summed E-state index contributed by atoms with van der Waals surface area (Å²) in [5.74, 6) is -2.53. The van der Waals surface area contributed by atoms with Crippen LogP contribution >= 0.6 is 0 Å². The number of cyclic esters (lactones) is 2. The summed E-state index contributed by atoms with van der Waals surface area (Å²) in [6.07, 6.45) is 1.87. The van der Waals surface area contributed by atoms with E-state index in [4.69, 9.17) is 19.7 Å². The summed E-state index contributed by atoms with van der Waals surface area (Å²) in [5.41, 5.74) is 0.167. The van der Waals surface area contributed by atoms with Gasteiger partial charge in [-0.15, -0.1) is 0 Å². The average Bonchev–Trinajstić information content (AvgIpc) is 2.57. The van der Waals surface area contributed by atoms with Gasteiger partial charge >= 0.3 is 23.9 Å². The Balaban J connectivity index is 0.000000251. The second kappa shape index (κ2) is 10.1. The smallest absolute Gasteiger partial charge is 0.335 e. The Morgan fingerprint density at radius 2 is 1.36 bits per heavy atom. The van der Waals surface area contributed by atoms with Gasteiger partial charge in [0.05, 0.1) is 11.1 Å². The van der Waals surface area contributed by atoms with Gasteiger partial charge in [0.1, 0.15) is 12.7 Å². The summed E-state index contributed by atoms with van der Waals surface area (Å²) in [6.45, 7) is 1.89. The van der Waals surface area contributed by atoms with Gasteiger partial charge in [-0.1, -0.05) is 0 Å². The van der Waals surface area contributed by atoms with Crippen LogP contribution in [0.5, 0.6) is 0 Å². The number of esters is 2. The number of benzene rings is 1. The minimum atomic E-state index is -1.06. The molecule has 1 aromatic rings. The molecule has 0 aromatic heterocycles. The van der Waals surface area contributed by atoms with Gasteiger partial charge in [-0.25, -0.2) is 9.59 Å². The van der Waals surface area contributed by atoms with Gasteiger partial charge in [0, 0.05) is 12.8 Å². The molecule has 2 N–H and O–H groups in total. The fraction of sp³-hybridized carbons (Fsp3) is 0.412. The number of aromatic carboxylic acids is 2. The Morgan fingerprint density at radius 3 is 1.80 bits per heavy atom. The highest BCUT2D eigenvalue weighted by atomic mass is 16.6. The molecule has 1 atom stereocenters.